The number of aliphatic hydroxyl groups excluding tert-OH is 1. The molecular weight excluding hydrogens is 208 g/mol. The highest BCUT2D eigenvalue weighted by molar-refractivity contribution is 7.99. The van der Waals surface area contributed by atoms with Crippen LogP contribution in [0.25, 0.3) is 0 Å². The summed E-state index contributed by atoms with van der Waals surface area (Å²) < 4.78 is 5.06. The van der Waals surface area contributed by atoms with Gasteiger partial charge in [-0.15, -0.1) is 0 Å². The van der Waals surface area contributed by atoms with E-state index in [2.05, 4.69) is 6.92 Å². The predicted molar refractivity (Wildman–Crippen MR) is 65.6 cm³/mol. The van der Waals surface area contributed by atoms with E-state index < -0.39 is 0 Å². The van der Waals surface area contributed by atoms with Crippen LogP contribution in [0.4, 0.5) is 0 Å². The van der Waals surface area contributed by atoms with E-state index >= 15 is 0 Å². The number of methoxy groups -OCH3 is 1. The van der Waals surface area contributed by atoms with Gasteiger partial charge in [-0.1, -0.05) is 19.1 Å². The van der Waals surface area contributed by atoms with Crippen LogP contribution >= 0.6 is 11.8 Å². The third-order valence-corrected chi connectivity index (χ3v) is 3.37. The van der Waals surface area contributed by atoms with E-state index in [4.69, 9.17) is 4.74 Å². The fourth-order valence-corrected chi connectivity index (χ4v) is 2.13. The third kappa shape index (κ3) is 4.14. The summed E-state index contributed by atoms with van der Waals surface area (Å²) >= 11 is 1.78. The van der Waals surface area contributed by atoms with Gasteiger partial charge >= 0.3 is 0 Å². The predicted octanol–water partition coefficient (Wildman–Crippen LogP) is 2.87. The average Bonchev–Trinajstić information content (AvgIpc) is 2.29. The summed E-state index contributed by atoms with van der Waals surface area (Å²) in [4.78, 5) is 0. The molecule has 0 fully saturated rings. The molecule has 0 heterocycles. The van der Waals surface area contributed by atoms with Gasteiger partial charge in [-0.05, 0) is 29.9 Å². The summed E-state index contributed by atoms with van der Waals surface area (Å²) in [5.41, 5.74) is 0.958. The zero-order valence-electron chi connectivity index (χ0n) is 9.27. The van der Waals surface area contributed by atoms with Gasteiger partial charge in [0.1, 0.15) is 5.75 Å². The molecule has 0 saturated carbocycles. The first-order valence-corrected chi connectivity index (χ1v) is 6.33. The lowest BCUT2D eigenvalue weighted by Gasteiger charge is -2.10. The maximum Gasteiger partial charge on any atom is 0.118 e. The number of hydrogen-bond donors (Lipinski definition) is 1. The van der Waals surface area contributed by atoms with Crippen LogP contribution in [-0.2, 0) is 0 Å². The molecule has 0 bridgehead atoms. The normalized spacial score (nSPS) is 12.5. The number of thioether (sulfide) groups is 1. The van der Waals surface area contributed by atoms with Gasteiger partial charge in [0.25, 0.3) is 0 Å². The highest BCUT2D eigenvalue weighted by atomic mass is 32.2. The molecule has 0 spiro atoms. The van der Waals surface area contributed by atoms with Crippen LogP contribution in [0.3, 0.4) is 0 Å². The molecular formula is C12H18O2S. The highest BCUT2D eigenvalue weighted by Gasteiger charge is 2.06. The minimum atomic E-state index is -0.368. The summed E-state index contributed by atoms with van der Waals surface area (Å²) in [5.74, 6) is 2.69. The number of hydrogen-bond acceptors (Lipinski definition) is 3. The van der Waals surface area contributed by atoms with E-state index in [-0.39, 0.29) is 6.10 Å². The van der Waals surface area contributed by atoms with Crippen molar-refractivity contribution in [2.45, 2.75) is 19.4 Å². The smallest absolute Gasteiger partial charge is 0.118 e. The first kappa shape index (κ1) is 12.4. The molecule has 2 nitrogen and oxygen atoms in total. The van der Waals surface area contributed by atoms with E-state index in [9.17, 15) is 5.11 Å². The molecule has 0 aliphatic heterocycles. The van der Waals surface area contributed by atoms with Gasteiger partial charge in [0, 0.05) is 5.75 Å². The molecule has 0 aliphatic carbocycles. The molecule has 84 valence electrons. The van der Waals surface area contributed by atoms with Gasteiger partial charge in [0.15, 0.2) is 0 Å². The van der Waals surface area contributed by atoms with E-state index in [0.717, 1.165) is 29.2 Å². The average molecular weight is 226 g/mol. The van der Waals surface area contributed by atoms with Crippen molar-refractivity contribution in [2.75, 3.05) is 18.6 Å². The van der Waals surface area contributed by atoms with Crippen molar-refractivity contribution in [1.82, 2.24) is 0 Å². The Morgan fingerprint density at radius 1 is 1.33 bits per heavy atom. The SMILES string of the molecule is CCCSCC(O)c1ccc(OC)cc1. The fourth-order valence-electron chi connectivity index (χ4n) is 1.26. The van der Waals surface area contributed by atoms with Crippen molar-refractivity contribution in [3.8, 4) is 5.75 Å². The minimum absolute atomic E-state index is 0.368. The first-order valence-electron chi connectivity index (χ1n) is 5.17. The molecule has 1 aromatic rings. The monoisotopic (exact) mass is 226 g/mol. The minimum Gasteiger partial charge on any atom is -0.497 e. The van der Waals surface area contributed by atoms with E-state index in [1.165, 1.54) is 0 Å². The van der Waals surface area contributed by atoms with Gasteiger partial charge in [0.05, 0.1) is 13.2 Å². The Morgan fingerprint density at radius 3 is 2.53 bits per heavy atom. The third-order valence-electron chi connectivity index (χ3n) is 2.12. The molecule has 1 aromatic carbocycles. The van der Waals surface area contributed by atoms with E-state index in [1.807, 2.05) is 24.3 Å². The second-order valence-electron chi connectivity index (χ2n) is 3.36. The van der Waals surface area contributed by atoms with Crippen LogP contribution in [0.5, 0.6) is 5.75 Å². The summed E-state index contributed by atoms with van der Waals surface area (Å²) in [5, 5.41) is 9.85. The van der Waals surface area contributed by atoms with Crippen molar-refractivity contribution in [1.29, 1.82) is 0 Å². The Balaban J connectivity index is 2.46. The maximum absolute atomic E-state index is 9.85. The lowest BCUT2D eigenvalue weighted by Crippen LogP contribution is -2.01. The Morgan fingerprint density at radius 2 is 2.00 bits per heavy atom. The quantitative estimate of drug-likeness (QED) is 0.756. The molecule has 15 heavy (non-hydrogen) atoms. The molecule has 1 N–H and O–H groups in total. The molecule has 1 unspecified atom stereocenters. The van der Waals surface area contributed by atoms with Crippen molar-refractivity contribution in [3.63, 3.8) is 0 Å². The Hall–Kier alpha value is -0.670. The van der Waals surface area contributed by atoms with Gasteiger partial charge < -0.3 is 9.84 Å². The van der Waals surface area contributed by atoms with Crippen LogP contribution in [-0.4, -0.2) is 23.7 Å². The summed E-state index contributed by atoms with van der Waals surface area (Å²) in [6, 6.07) is 7.58. The largest absolute Gasteiger partial charge is 0.497 e. The summed E-state index contributed by atoms with van der Waals surface area (Å²) in [6.07, 6.45) is 0.785. The zero-order valence-corrected chi connectivity index (χ0v) is 10.1. The Kier molecular flexibility index (Phi) is 5.58. The second kappa shape index (κ2) is 6.75. The number of aliphatic hydroxyl groups is 1. The summed E-state index contributed by atoms with van der Waals surface area (Å²) in [6.45, 7) is 2.15. The summed E-state index contributed by atoms with van der Waals surface area (Å²) in [7, 11) is 1.64. The molecule has 1 atom stereocenters. The molecule has 1 rings (SSSR count). The molecule has 0 amide bonds. The zero-order chi connectivity index (χ0) is 11.1. The van der Waals surface area contributed by atoms with Crippen molar-refractivity contribution < 1.29 is 9.84 Å². The van der Waals surface area contributed by atoms with Gasteiger partial charge in [0.2, 0.25) is 0 Å². The van der Waals surface area contributed by atoms with Crippen LogP contribution in [0.1, 0.15) is 25.0 Å². The van der Waals surface area contributed by atoms with E-state index in [1.54, 1.807) is 18.9 Å². The van der Waals surface area contributed by atoms with Crippen molar-refractivity contribution >= 4 is 11.8 Å². The van der Waals surface area contributed by atoms with Crippen molar-refractivity contribution in [3.05, 3.63) is 29.8 Å². The molecule has 0 radical (unpaired) electrons. The first-order chi connectivity index (χ1) is 7.27. The molecule has 0 saturated heterocycles. The van der Waals surface area contributed by atoms with Gasteiger partial charge in [-0.25, -0.2) is 0 Å². The standard InChI is InChI=1S/C12H18O2S/c1-3-8-15-9-12(13)10-4-6-11(14-2)7-5-10/h4-7,12-13H,3,8-9H2,1-2H3. The Bertz CT molecular complexity index is 271. The lowest BCUT2D eigenvalue weighted by molar-refractivity contribution is 0.204. The fraction of sp³-hybridized carbons (Fsp3) is 0.500. The molecule has 0 aromatic heterocycles. The maximum atomic E-state index is 9.85. The van der Waals surface area contributed by atoms with Crippen LogP contribution in [0.15, 0.2) is 24.3 Å². The van der Waals surface area contributed by atoms with Gasteiger partial charge in [-0.3, -0.25) is 0 Å². The number of rotatable bonds is 6. The highest BCUT2D eigenvalue weighted by Crippen LogP contribution is 2.21. The second-order valence-corrected chi connectivity index (χ2v) is 4.51. The number of benzene rings is 1. The number of ether oxygens (including phenoxy) is 1. The van der Waals surface area contributed by atoms with Gasteiger partial charge in [-0.2, -0.15) is 11.8 Å². The Labute approximate surface area is 95.7 Å². The molecule has 3 heteroatoms. The van der Waals surface area contributed by atoms with Crippen LogP contribution in [0.2, 0.25) is 0 Å². The van der Waals surface area contributed by atoms with Crippen LogP contribution < -0.4 is 4.74 Å². The van der Waals surface area contributed by atoms with Crippen LogP contribution in [0, 0.1) is 0 Å². The van der Waals surface area contributed by atoms with E-state index in [0.29, 0.717) is 0 Å². The van der Waals surface area contributed by atoms with Crippen molar-refractivity contribution in [2.24, 2.45) is 0 Å². The lowest BCUT2D eigenvalue weighted by atomic mass is 10.1. The topological polar surface area (TPSA) is 29.5 Å². The molecule has 0 aliphatic rings.